The van der Waals surface area contributed by atoms with Crippen molar-refractivity contribution < 1.29 is 34.5 Å². The number of carbonyl (C=O) groups excluding carboxylic acids is 3. The molecule has 0 saturated heterocycles. The lowest BCUT2D eigenvalue weighted by molar-refractivity contribution is -0.143. The second-order valence-corrected chi connectivity index (χ2v) is 8.04. The van der Waals surface area contributed by atoms with E-state index in [-0.39, 0.29) is 23.8 Å². The van der Waals surface area contributed by atoms with Crippen LogP contribution in [0.5, 0.6) is 5.75 Å². The standard InChI is InChI=1S/C21H32N4O7S/c1-3-11(2)17(25-18(28)14(22)8-12-4-6-13(27)7-5-12)20(30)24-16(10-33)19(29)23-15(9-26)21(31)32/h4-7,11,14-17,26-27,33H,3,8-10,22H2,1-2H3,(H,23,29)(H,24,30)(H,25,28)(H,31,32). The van der Waals surface area contributed by atoms with Gasteiger partial charge in [0.25, 0.3) is 0 Å². The van der Waals surface area contributed by atoms with Gasteiger partial charge in [0.1, 0.15) is 23.9 Å². The van der Waals surface area contributed by atoms with Crippen LogP contribution in [0.2, 0.25) is 0 Å². The summed E-state index contributed by atoms with van der Waals surface area (Å²) in [5.74, 6) is -3.84. The van der Waals surface area contributed by atoms with Crippen molar-refractivity contribution in [2.75, 3.05) is 12.4 Å². The van der Waals surface area contributed by atoms with E-state index in [4.69, 9.17) is 15.9 Å². The van der Waals surface area contributed by atoms with Crippen LogP contribution in [0.3, 0.4) is 0 Å². The van der Waals surface area contributed by atoms with E-state index in [1.807, 2.05) is 6.92 Å². The molecule has 1 aromatic rings. The first-order valence-electron chi connectivity index (χ1n) is 10.4. The number of phenols is 1. The predicted molar refractivity (Wildman–Crippen MR) is 124 cm³/mol. The molecule has 1 rings (SSSR count). The summed E-state index contributed by atoms with van der Waals surface area (Å²) in [5, 5.41) is 34.6. The summed E-state index contributed by atoms with van der Waals surface area (Å²) in [6.07, 6.45) is 0.718. The average molecular weight is 485 g/mol. The molecular weight excluding hydrogens is 452 g/mol. The van der Waals surface area contributed by atoms with E-state index in [2.05, 4.69) is 28.6 Å². The van der Waals surface area contributed by atoms with E-state index < -0.39 is 54.5 Å². The molecule has 12 heteroatoms. The Bertz CT molecular complexity index is 821. The van der Waals surface area contributed by atoms with Crippen molar-refractivity contribution in [3.05, 3.63) is 29.8 Å². The molecule has 8 N–H and O–H groups in total. The third kappa shape index (κ3) is 8.91. The fourth-order valence-corrected chi connectivity index (χ4v) is 3.11. The molecule has 0 bridgehead atoms. The van der Waals surface area contributed by atoms with Crippen LogP contribution >= 0.6 is 12.6 Å². The van der Waals surface area contributed by atoms with Gasteiger partial charge < -0.3 is 37.0 Å². The SMILES string of the molecule is CCC(C)C(NC(=O)C(N)Cc1ccc(O)cc1)C(=O)NC(CS)C(=O)NC(CO)C(=O)O. The summed E-state index contributed by atoms with van der Waals surface area (Å²) in [6.45, 7) is 2.76. The van der Waals surface area contributed by atoms with Gasteiger partial charge in [-0.3, -0.25) is 14.4 Å². The molecule has 11 nitrogen and oxygen atoms in total. The Morgan fingerprint density at radius 3 is 2.06 bits per heavy atom. The smallest absolute Gasteiger partial charge is 0.328 e. The van der Waals surface area contributed by atoms with Crippen LogP contribution in [0.1, 0.15) is 25.8 Å². The number of carboxylic acid groups (broad SMARTS) is 1. The number of benzene rings is 1. The Morgan fingerprint density at radius 2 is 1.58 bits per heavy atom. The highest BCUT2D eigenvalue weighted by atomic mass is 32.1. The van der Waals surface area contributed by atoms with E-state index >= 15 is 0 Å². The van der Waals surface area contributed by atoms with Crippen LogP contribution in [-0.4, -0.2) is 75.5 Å². The molecule has 184 valence electrons. The zero-order chi connectivity index (χ0) is 25.1. The number of carboxylic acids is 1. The number of thiol groups is 1. The quantitative estimate of drug-likeness (QED) is 0.160. The normalized spacial score (nSPS) is 15.4. The number of aromatic hydroxyl groups is 1. The maximum Gasteiger partial charge on any atom is 0.328 e. The molecule has 0 saturated carbocycles. The Kier molecular flexibility index (Phi) is 11.7. The van der Waals surface area contributed by atoms with Gasteiger partial charge in [-0.05, 0) is 30.0 Å². The highest BCUT2D eigenvalue weighted by Gasteiger charge is 2.31. The molecule has 0 aliphatic carbocycles. The molecule has 33 heavy (non-hydrogen) atoms. The zero-order valence-electron chi connectivity index (χ0n) is 18.5. The van der Waals surface area contributed by atoms with Crippen LogP contribution in [-0.2, 0) is 25.6 Å². The predicted octanol–water partition coefficient (Wildman–Crippen LogP) is -1.23. The second-order valence-electron chi connectivity index (χ2n) is 7.67. The van der Waals surface area contributed by atoms with Crippen LogP contribution < -0.4 is 21.7 Å². The monoisotopic (exact) mass is 484 g/mol. The molecular formula is C21H32N4O7S. The van der Waals surface area contributed by atoms with Crippen LogP contribution in [0, 0.1) is 5.92 Å². The van der Waals surface area contributed by atoms with Crippen molar-refractivity contribution in [2.45, 2.75) is 50.9 Å². The minimum atomic E-state index is -1.53. The second kappa shape index (κ2) is 13.7. The third-order valence-electron chi connectivity index (χ3n) is 5.13. The summed E-state index contributed by atoms with van der Waals surface area (Å²) in [4.78, 5) is 48.9. The van der Waals surface area contributed by atoms with Gasteiger partial charge in [0, 0.05) is 5.75 Å². The summed E-state index contributed by atoms with van der Waals surface area (Å²) < 4.78 is 0. The number of aliphatic hydroxyl groups excluding tert-OH is 1. The molecule has 3 amide bonds. The van der Waals surface area contributed by atoms with Gasteiger partial charge in [0.15, 0.2) is 0 Å². The van der Waals surface area contributed by atoms with E-state index in [1.165, 1.54) is 12.1 Å². The Morgan fingerprint density at radius 1 is 1.00 bits per heavy atom. The number of rotatable bonds is 13. The van der Waals surface area contributed by atoms with Crippen LogP contribution in [0.25, 0.3) is 0 Å². The van der Waals surface area contributed by atoms with Gasteiger partial charge in [-0.2, -0.15) is 12.6 Å². The summed E-state index contributed by atoms with van der Waals surface area (Å²) in [7, 11) is 0. The fraction of sp³-hybridized carbons (Fsp3) is 0.524. The number of nitrogens with one attached hydrogen (secondary N) is 3. The number of hydrogen-bond donors (Lipinski definition) is 8. The Hall–Kier alpha value is -2.83. The van der Waals surface area contributed by atoms with E-state index in [0.717, 1.165) is 5.56 Å². The molecule has 0 heterocycles. The first-order valence-corrected chi connectivity index (χ1v) is 11.1. The topological polar surface area (TPSA) is 191 Å². The van der Waals surface area contributed by atoms with E-state index in [9.17, 15) is 24.3 Å². The van der Waals surface area contributed by atoms with Crippen molar-refractivity contribution in [2.24, 2.45) is 11.7 Å². The Labute approximate surface area is 197 Å². The van der Waals surface area contributed by atoms with Crippen molar-refractivity contribution in [3.63, 3.8) is 0 Å². The first-order chi connectivity index (χ1) is 15.5. The van der Waals surface area contributed by atoms with Crippen molar-refractivity contribution in [1.82, 2.24) is 16.0 Å². The number of amides is 3. The van der Waals surface area contributed by atoms with Gasteiger partial charge in [0.2, 0.25) is 17.7 Å². The highest BCUT2D eigenvalue weighted by molar-refractivity contribution is 7.80. The lowest BCUT2D eigenvalue weighted by Gasteiger charge is -2.27. The van der Waals surface area contributed by atoms with E-state index in [0.29, 0.717) is 6.42 Å². The molecule has 0 aliphatic heterocycles. The molecule has 5 unspecified atom stereocenters. The molecule has 0 radical (unpaired) electrons. The van der Waals surface area contributed by atoms with Crippen molar-refractivity contribution >= 4 is 36.3 Å². The third-order valence-corrected chi connectivity index (χ3v) is 5.50. The van der Waals surface area contributed by atoms with Crippen molar-refractivity contribution in [1.29, 1.82) is 0 Å². The minimum absolute atomic E-state index is 0.0849. The number of aliphatic hydroxyl groups is 1. The fourth-order valence-electron chi connectivity index (χ4n) is 2.85. The average Bonchev–Trinajstić information content (AvgIpc) is 2.79. The number of hydrogen-bond acceptors (Lipinski definition) is 8. The maximum absolute atomic E-state index is 12.9. The summed E-state index contributed by atoms with van der Waals surface area (Å²) in [6, 6.07) is 1.54. The molecule has 0 aliphatic rings. The molecule has 0 spiro atoms. The molecule has 0 aromatic heterocycles. The van der Waals surface area contributed by atoms with E-state index in [1.54, 1.807) is 19.1 Å². The number of aliphatic carboxylic acids is 1. The zero-order valence-corrected chi connectivity index (χ0v) is 19.4. The van der Waals surface area contributed by atoms with Gasteiger partial charge in [-0.25, -0.2) is 4.79 Å². The highest BCUT2D eigenvalue weighted by Crippen LogP contribution is 2.12. The lowest BCUT2D eigenvalue weighted by atomic mass is 9.97. The molecule has 1 aromatic carbocycles. The van der Waals surface area contributed by atoms with Gasteiger partial charge >= 0.3 is 5.97 Å². The van der Waals surface area contributed by atoms with Crippen LogP contribution in [0.15, 0.2) is 24.3 Å². The largest absolute Gasteiger partial charge is 0.508 e. The van der Waals surface area contributed by atoms with Crippen LogP contribution in [0.4, 0.5) is 0 Å². The molecule has 5 atom stereocenters. The Balaban J connectivity index is 2.85. The van der Waals surface area contributed by atoms with Gasteiger partial charge in [-0.15, -0.1) is 0 Å². The van der Waals surface area contributed by atoms with Crippen molar-refractivity contribution in [3.8, 4) is 5.75 Å². The number of carbonyl (C=O) groups is 4. The summed E-state index contributed by atoms with van der Waals surface area (Å²) in [5.41, 5.74) is 6.72. The van der Waals surface area contributed by atoms with Gasteiger partial charge in [-0.1, -0.05) is 32.4 Å². The first kappa shape index (κ1) is 28.2. The minimum Gasteiger partial charge on any atom is -0.508 e. The molecule has 0 fully saturated rings. The van der Waals surface area contributed by atoms with Gasteiger partial charge in [0.05, 0.1) is 12.6 Å². The maximum atomic E-state index is 12.9. The summed E-state index contributed by atoms with van der Waals surface area (Å²) >= 11 is 4.03. The number of nitrogens with two attached hydrogens (primary N) is 1. The lowest BCUT2D eigenvalue weighted by Crippen LogP contribution is -2.59. The number of phenolic OH excluding ortho intramolecular Hbond substituents is 1.